The molecule has 1 aromatic carbocycles. The van der Waals surface area contributed by atoms with Crippen LogP contribution in [0.5, 0.6) is 0 Å². The van der Waals surface area contributed by atoms with Gasteiger partial charge in [-0.1, -0.05) is 30.3 Å². The lowest BCUT2D eigenvalue weighted by Gasteiger charge is -2.08. The molecule has 5 heteroatoms. The highest BCUT2D eigenvalue weighted by atomic mass is 19.4. The van der Waals surface area contributed by atoms with Crippen LogP contribution in [0.15, 0.2) is 36.4 Å². The lowest BCUT2D eigenvalue weighted by Crippen LogP contribution is -2.10. The summed E-state index contributed by atoms with van der Waals surface area (Å²) < 4.78 is 37.7. The first-order valence-electron chi connectivity index (χ1n) is 4.95. The SMILES string of the molecule is Cc1nc(-c2ccccc2)cc(C(F)(F)F)n1. The molecular formula is C12H9F3N2. The largest absolute Gasteiger partial charge is 0.433 e. The van der Waals surface area contributed by atoms with Crippen LogP contribution < -0.4 is 0 Å². The average Bonchev–Trinajstić information content (AvgIpc) is 2.28. The van der Waals surface area contributed by atoms with Gasteiger partial charge in [0.2, 0.25) is 0 Å². The summed E-state index contributed by atoms with van der Waals surface area (Å²) in [6, 6.07) is 9.68. The molecule has 0 bridgehead atoms. The highest BCUT2D eigenvalue weighted by molar-refractivity contribution is 5.59. The summed E-state index contributed by atoms with van der Waals surface area (Å²) in [6.07, 6.45) is -4.45. The Morgan fingerprint density at radius 1 is 1.00 bits per heavy atom. The summed E-state index contributed by atoms with van der Waals surface area (Å²) in [6.45, 7) is 1.45. The van der Waals surface area contributed by atoms with Crippen molar-refractivity contribution in [3.05, 3.63) is 47.9 Å². The molecule has 1 heterocycles. The molecule has 0 saturated carbocycles. The first-order valence-corrected chi connectivity index (χ1v) is 4.95. The highest BCUT2D eigenvalue weighted by Crippen LogP contribution is 2.29. The number of halogens is 3. The first kappa shape index (κ1) is 11.6. The Kier molecular flexibility index (Phi) is 2.83. The van der Waals surface area contributed by atoms with Gasteiger partial charge in [0, 0.05) is 5.56 Å². The number of hydrogen-bond acceptors (Lipinski definition) is 2. The fourth-order valence-electron chi connectivity index (χ4n) is 1.47. The number of alkyl halides is 3. The van der Waals surface area contributed by atoms with E-state index in [0.717, 1.165) is 6.07 Å². The maximum atomic E-state index is 12.6. The fourth-order valence-corrected chi connectivity index (χ4v) is 1.47. The van der Waals surface area contributed by atoms with Crippen LogP contribution >= 0.6 is 0 Å². The van der Waals surface area contributed by atoms with Gasteiger partial charge in [0.25, 0.3) is 0 Å². The molecule has 0 unspecified atom stereocenters. The third-order valence-corrected chi connectivity index (χ3v) is 2.20. The van der Waals surface area contributed by atoms with Crippen molar-refractivity contribution in [2.75, 3.05) is 0 Å². The van der Waals surface area contributed by atoms with Gasteiger partial charge in [-0.15, -0.1) is 0 Å². The van der Waals surface area contributed by atoms with E-state index < -0.39 is 11.9 Å². The van der Waals surface area contributed by atoms with Gasteiger partial charge in [-0.25, -0.2) is 9.97 Å². The van der Waals surface area contributed by atoms with Crippen molar-refractivity contribution in [2.24, 2.45) is 0 Å². The normalized spacial score (nSPS) is 11.5. The van der Waals surface area contributed by atoms with Crippen molar-refractivity contribution in [1.29, 1.82) is 0 Å². The lowest BCUT2D eigenvalue weighted by molar-refractivity contribution is -0.141. The predicted octanol–water partition coefficient (Wildman–Crippen LogP) is 3.47. The molecule has 0 spiro atoms. The molecule has 0 atom stereocenters. The minimum absolute atomic E-state index is 0.110. The zero-order valence-corrected chi connectivity index (χ0v) is 8.99. The number of nitrogens with zero attached hydrogens (tertiary/aromatic N) is 2. The molecule has 0 aliphatic rings. The third kappa shape index (κ3) is 2.61. The van der Waals surface area contributed by atoms with Crippen molar-refractivity contribution in [2.45, 2.75) is 13.1 Å². The van der Waals surface area contributed by atoms with Crippen molar-refractivity contribution >= 4 is 0 Å². The van der Waals surface area contributed by atoms with Gasteiger partial charge in [0.15, 0.2) is 0 Å². The summed E-state index contributed by atoms with van der Waals surface area (Å²) in [5.74, 6) is 0.110. The summed E-state index contributed by atoms with van der Waals surface area (Å²) in [4.78, 5) is 7.40. The second-order valence-electron chi connectivity index (χ2n) is 3.55. The van der Waals surface area contributed by atoms with Crippen LogP contribution in [-0.4, -0.2) is 9.97 Å². The molecule has 0 aliphatic carbocycles. The molecule has 88 valence electrons. The monoisotopic (exact) mass is 238 g/mol. The predicted molar refractivity (Wildman–Crippen MR) is 57.2 cm³/mol. The maximum absolute atomic E-state index is 12.6. The van der Waals surface area contributed by atoms with Crippen molar-refractivity contribution in [3.63, 3.8) is 0 Å². The molecule has 0 saturated heterocycles. The van der Waals surface area contributed by atoms with Crippen LogP contribution in [0.4, 0.5) is 13.2 Å². The van der Waals surface area contributed by atoms with Gasteiger partial charge in [-0.2, -0.15) is 13.2 Å². The van der Waals surface area contributed by atoms with E-state index in [0.29, 0.717) is 5.56 Å². The van der Waals surface area contributed by atoms with Gasteiger partial charge in [-0.3, -0.25) is 0 Å². The summed E-state index contributed by atoms with van der Waals surface area (Å²) in [5, 5.41) is 0. The molecule has 0 amide bonds. The van der Waals surface area contributed by atoms with Gasteiger partial charge in [-0.05, 0) is 13.0 Å². The van der Waals surface area contributed by atoms with Crippen LogP contribution in [0.25, 0.3) is 11.3 Å². The van der Waals surface area contributed by atoms with Crippen LogP contribution in [0.1, 0.15) is 11.5 Å². The molecule has 0 radical (unpaired) electrons. The van der Waals surface area contributed by atoms with E-state index in [9.17, 15) is 13.2 Å². The van der Waals surface area contributed by atoms with Crippen molar-refractivity contribution in [3.8, 4) is 11.3 Å². The van der Waals surface area contributed by atoms with Crippen LogP contribution in [0, 0.1) is 6.92 Å². The highest BCUT2D eigenvalue weighted by Gasteiger charge is 2.33. The minimum Gasteiger partial charge on any atom is -0.233 e. The lowest BCUT2D eigenvalue weighted by atomic mass is 10.1. The van der Waals surface area contributed by atoms with Crippen LogP contribution in [0.3, 0.4) is 0 Å². The van der Waals surface area contributed by atoms with E-state index in [1.165, 1.54) is 6.92 Å². The Hall–Kier alpha value is -1.91. The third-order valence-electron chi connectivity index (χ3n) is 2.20. The zero-order chi connectivity index (χ0) is 12.5. The van der Waals surface area contributed by atoms with E-state index in [2.05, 4.69) is 9.97 Å². The van der Waals surface area contributed by atoms with Gasteiger partial charge < -0.3 is 0 Å². The van der Waals surface area contributed by atoms with E-state index in [1.807, 2.05) is 0 Å². The Bertz CT molecular complexity index is 521. The number of aromatic nitrogens is 2. The molecule has 0 fully saturated rings. The van der Waals surface area contributed by atoms with E-state index in [4.69, 9.17) is 0 Å². The summed E-state index contributed by atoms with van der Waals surface area (Å²) >= 11 is 0. The van der Waals surface area contributed by atoms with Gasteiger partial charge in [0.1, 0.15) is 11.5 Å². The van der Waals surface area contributed by atoms with Crippen LogP contribution in [0.2, 0.25) is 0 Å². The Balaban J connectivity index is 2.54. The Morgan fingerprint density at radius 3 is 2.24 bits per heavy atom. The molecule has 2 rings (SSSR count). The number of hydrogen-bond donors (Lipinski definition) is 0. The van der Waals surface area contributed by atoms with E-state index in [-0.39, 0.29) is 11.5 Å². The Morgan fingerprint density at radius 2 is 1.65 bits per heavy atom. The molecule has 0 N–H and O–H groups in total. The topological polar surface area (TPSA) is 25.8 Å². The molecule has 2 nitrogen and oxygen atoms in total. The number of rotatable bonds is 1. The molecule has 2 aromatic rings. The fraction of sp³-hybridized carbons (Fsp3) is 0.167. The number of aryl methyl sites for hydroxylation is 1. The zero-order valence-electron chi connectivity index (χ0n) is 8.99. The van der Waals surface area contributed by atoms with Crippen LogP contribution in [-0.2, 0) is 6.18 Å². The first-order chi connectivity index (χ1) is 7.97. The summed E-state index contributed by atoms with van der Waals surface area (Å²) in [7, 11) is 0. The average molecular weight is 238 g/mol. The second-order valence-corrected chi connectivity index (χ2v) is 3.55. The van der Waals surface area contributed by atoms with Gasteiger partial charge in [0.05, 0.1) is 5.69 Å². The standard InChI is InChI=1S/C12H9F3N2/c1-8-16-10(9-5-3-2-4-6-9)7-11(17-8)12(13,14)15/h2-7H,1H3. The smallest absolute Gasteiger partial charge is 0.233 e. The minimum atomic E-state index is -4.45. The van der Waals surface area contributed by atoms with Crippen molar-refractivity contribution < 1.29 is 13.2 Å². The maximum Gasteiger partial charge on any atom is 0.433 e. The van der Waals surface area contributed by atoms with E-state index in [1.54, 1.807) is 30.3 Å². The quantitative estimate of drug-likeness (QED) is 0.760. The summed E-state index contributed by atoms with van der Waals surface area (Å²) in [5.41, 5.74) is 0.0118. The number of benzene rings is 1. The molecule has 17 heavy (non-hydrogen) atoms. The molecule has 1 aromatic heterocycles. The van der Waals surface area contributed by atoms with Crippen molar-refractivity contribution in [1.82, 2.24) is 9.97 Å². The molecule has 0 aliphatic heterocycles. The molecular weight excluding hydrogens is 229 g/mol. The van der Waals surface area contributed by atoms with Gasteiger partial charge >= 0.3 is 6.18 Å². The second kappa shape index (κ2) is 4.16. The Labute approximate surface area is 96.2 Å². The van der Waals surface area contributed by atoms with E-state index >= 15 is 0 Å².